The van der Waals surface area contributed by atoms with Crippen LogP contribution in [-0.4, -0.2) is 43.9 Å². The molecule has 4 rings (SSSR count). The summed E-state index contributed by atoms with van der Waals surface area (Å²) in [5.41, 5.74) is 1.26. The maximum absolute atomic E-state index is 14.5. The molecule has 1 aliphatic heterocycles. The van der Waals surface area contributed by atoms with Crippen molar-refractivity contribution in [1.82, 2.24) is 9.78 Å². The molecule has 0 fully saturated rings. The molecule has 0 spiro atoms. The van der Waals surface area contributed by atoms with E-state index in [-0.39, 0.29) is 51.8 Å². The van der Waals surface area contributed by atoms with Gasteiger partial charge in [-0.2, -0.15) is 13.9 Å². The van der Waals surface area contributed by atoms with Crippen LogP contribution < -0.4 is 9.04 Å². The average Bonchev–Trinajstić information content (AvgIpc) is 3.29. The molecular weight excluding hydrogens is 559 g/mol. The number of benzene rings is 2. The first-order chi connectivity index (χ1) is 18.4. The highest BCUT2D eigenvalue weighted by Crippen LogP contribution is 2.40. The van der Waals surface area contributed by atoms with E-state index in [2.05, 4.69) is 9.84 Å². The molecule has 0 saturated carbocycles. The van der Waals surface area contributed by atoms with E-state index < -0.39 is 39.4 Å². The molecule has 2 aromatic carbocycles. The molecule has 208 valence electrons. The smallest absolute Gasteiger partial charge is 0.333 e. The lowest BCUT2D eigenvalue weighted by atomic mass is 10.0. The summed E-state index contributed by atoms with van der Waals surface area (Å²) in [5, 5.41) is 3.85. The summed E-state index contributed by atoms with van der Waals surface area (Å²) in [6.07, 6.45) is 1.83. The van der Waals surface area contributed by atoms with E-state index >= 15 is 0 Å². The minimum atomic E-state index is -4.39. The van der Waals surface area contributed by atoms with Crippen LogP contribution in [0.4, 0.5) is 18.9 Å². The van der Waals surface area contributed by atoms with E-state index in [0.717, 1.165) is 10.5 Å². The Balaban J connectivity index is 1.78. The number of rotatable bonds is 8. The quantitative estimate of drug-likeness (QED) is 0.244. The molecule has 0 saturated heterocycles. The summed E-state index contributed by atoms with van der Waals surface area (Å²) in [7, 11) is -3.15. The van der Waals surface area contributed by atoms with Gasteiger partial charge in [-0.3, -0.25) is 9.10 Å². The number of hydrogen-bond donors (Lipinski definition) is 0. The lowest BCUT2D eigenvalue weighted by Crippen LogP contribution is -2.43. The zero-order chi connectivity index (χ0) is 28.5. The van der Waals surface area contributed by atoms with E-state index in [9.17, 15) is 26.4 Å². The first-order valence-electron chi connectivity index (χ1n) is 11.8. The van der Waals surface area contributed by atoms with Crippen molar-refractivity contribution in [2.24, 2.45) is 0 Å². The summed E-state index contributed by atoms with van der Waals surface area (Å²) >= 11 is 6.19. The predicted molar refractivity (Wildman–Crippen MR) is 140 cm³/mol. The Morgan fingerprint density at radius 1 is 1.31 bits per heavy atom. The number of carbonyl (C=O) groups is 1. The molecule has 1 aliphatic rings. The van der Waals surface area contributed by atoms with Crippen molar-refractivity contribution in [3.63, 3.8) is 0 Å². The van der Waals surface area contributed by atoms with E-state index in [0.29, 0.717) is 11.1 Å². The number of esters is 1. The van der Waals surface area contributed by atoms with Gasteiger partial charge in [0.15, 0.2) is 0 Å². The fourth-order valence-electron chi connectivity index (χ4n) is 4.31. The number of fused-ring (bicyclic) bond motifs is 1. The molecule has 13 heteroatoms. The van der Waals surface area contributed by atoms with Gasteiger partial charge in [-0.1, -0.05) is 29.8 Å². The first-order valence-corrected chi connectivity index (χ1v) is 13.6. The molecule has 0 aliphatic carbocycles. The lowest BCUT2D eigenvalue weighted by molar-refractivity contribution is -0.141. The van der Waals surface area contributed by atoms with Gasteiger partial charge in [-0.15, -0.1) is 0 Å². The lowest BCUT2D eigenvalue weighted by Gasteiger charge is -2.35. The van der Waals surface area contributed by atoms with Crippen LogP contribution in [0.3, 0.4) is 0 Å². The Hall–Kier alpha value is -3.51. The monoisotopic (exact) mass is 583 g/mol. The van der Waals surface area contributed by atoms with Crippen molar-refractivity contribution in [3.05, 3.63) is 70.3 Å². The summed E-state index contributed by atoms with van der Waals surface area (Å²) < 4.78 is 80.5. The highest BCUT2D eigenvalue weighted by atomic mass is 35.5. The molecule has 1 aromatic heterocycles. The molecule has 8 nitrogen and oxygen atoms in total. The first kappa shape index (κ1) is 28.5. The molecule has 0 amide bonds. The largest absolute Gasteiger partial charge is 0.486 e. The number of nitrogens with zero attached hydrogens (tertiary/aromatic N) is 3. The van der Waals surface area contributed by atoms with Crippen molar-refractivity contribution in [2.75, 3.05) is 18.0 Å². The number of halogens is 4. The van der Waals surface area contributed by atoms with Gasteiger partial charge in [0.2, 0.25) is 0 Å². The maximum Gasteiger partial charge on any atom is 0.333 e. The van der Waals surface area contributed by atoms with Crippen LogP contribution in [0.1, 0.15) is 43.1 Å². The standard InChI is InChI=1S/C26H25ClF3N3O5S/c1-15(25-19(27)5-4-6-20(25)28)11-17-7-9-22-21(12-17)33(13-18(38-22)8-10-24(34)37-3)39(35,36)23-14-32(26(29)30)31-16(23)2/h4-7,9,11-12,14,18,26H,8,10,13H2,1-3H3/b15-11+. The number of hydrogen-bond acceptors (Lipinski definition) is 6. The van der Waals surface area contributed by atoms with Gasteiger partial charge >= 0.3 is 12.5 Å². The molecule has 1 unspecified atom stereocenters. The van der Waals surface area contributed by atoms with Gasteiger partial charge < -0.3 is 9.47 Å². The van der Waals surface area contributed by atoms with Crippen LogP contribution in [0.5, 0.6) is 5.75 Å². The predicted octanol–water partition coefficient (Wildman–Crippen LogP) is 5.85. The molecule has 39 heavy (non-hydrogen) atoms. The second-order valence-electron chi connectivity index (χ2n) is 8.88. The van der Waals surface area contributed by atoms with Crippen molar-refractivity contribution in [1.29, 1.82) is 0 Å². The fraction of sp³-hybridized carbons (Fsp3) is 0.308. The summed E-state index contributed by atoms with van der Waals surface area (Å²) in [6, 6.07) is 9.08. The summed E-state index contributed by atoms with van der Waals surface area (Å²) in [6.45, 7) is -0.235. The highest BCUT2D eigenvalue weighted by molar-refractivity contribution is 7.92. The molecule has 2 heterocycles. The minimum absolute atomic E-state index is 0.0177. The number of alkyl halides is 2. The van der Waals surface area contributed by atoms with Gasteiger partial charge in [0.05, 0.1) is 36.3 Å². The summed E-state index contributed by atoms with van der Waals surface area (Å²) in [5.74, 6) is -0.797. The van der Waals surface area contributed by atoms with Crippen LogP contribution in [-0.2, 0) is 19.6 Å². The third-order valence-corrected chi connectivity index (χ3v) is 8.39. The molecule has 0 radical (unpaired) electrons. The zero-order valence-corrected chi connectivity index (χ0v) is 22.8. The number of allylic oxidation sites excluding steroid dienone is 1. The Labute approximate surface area is 228 Å². The summed E-state index contributed by atoms with van der Waals surface area (Å²) in [4.78, 5) is 11.3. The van der Waals surface area contributed by atoms with E-state index in [1.165, 1.54) is 32.2 Å². The number of methoxy groups -OCH3 is 1. The number of carbonyl (C=O) groups excluding carboxylic acids is 1. The second-order valence-corrected chi connectivity index (χ2v) is 11.1. The van der Waals surface area contributed by atoms with Gasteiger partial charge in [-0.25, -0.2) is 17.5 Å². The second kappa shape index (κ2) is 11.3. The molecule has 1 atom stereocenters. The SMILES string of the molecule is COC(=O)CCC1CN(S(=O)(=O)c2cn(C(F)F)nc2C)c2cc(/C=C(\C)c3c(F)cccc3Cl)ccc2O1. The number of aromatic nitrogens is 2. The van der Waals surface area contributed by atoms with Crippen molar-refractivity contribution >= 4 is 44.9 Å². The van der Waals surface area contributed by atoms with Crippen molar-refractivity contribution in [2.45, 2.75) is 44.2 Å². The zero-order valence-electron chi connectivity index (χ0n) is 21.2. The third-order valence-electron chi connectivity index (χ3n) is 6.19. The molecular formula is C26H25ClF3N3O5S. The number of sulfonamides is 1. The third kappa shape index (κ3) is 5.91. The average molecular weight is 584 g/mol. The van der Waals surface area contributed by atoms with E-state index in [1.807, 2.05) is 0 Å². The van der Waals surface area contributed by atoms with Crippen LogP contribution >= 0.6 is 11.6 Å². The van der Waals surface area contributed by atoms with Crippen molar-refractivity contribution < 1.29 is 35.9 Å². The van der Waals surface area contributed by atoms with E-state index in [4.69, 9.17) is 16.3 Å². The minimum Gasteiger partial charge on any atom is -0.486 e. The topological polar surface area (TPSA) is 90.7 Å². The molecule has 0 bridgehead atoms. The Morgan fingerprint density at radius 2 is 2.05 bits per heavy atom. The van der Waals surface area contributed by atoms with E-state index in [1.54, 1.807) is 31.2 Å². The van der Waals surface area contributed by atoms with Gasteiger partial charge in [-0.05, 0) is 55.7 Å². The Bertz CT molecular complexity index is 1520. The van der Waals surface area contributed by atoms with Crippen molar-refractivity contribution in [3.8, 4) is 5.75 Å². The Kier molecular flexibility index (Phi) is 8.26. The fourth-order valence-corrected chi connectivity index (χ4v) is 6.28. The van der Waals surface area contributed by atoms with Crippen LogP contribution in [0.15, 0.2) is 47.5 Å². The van der Waals surface area contributed by atoms with Crippen LogP contribution in [0.2, 0.25) is 5.02 Å². The highest BCUT2D eigenvalue weighted by Gasteiger charge is 2.37. The van der Waals surface area contributed by atoms with Gasteiger partial charge in [0, 0.05) is 12.0 Å². The van der Waals surface area contributed by atoms with Crippen LogP contribution in [0.25, 0.3) is 11.6 Å². The van der Waals surface area contributed by atoms with Gasteiger partial charge in [0.25, 0.3) is 10.0 Å². The number of aryl methyl sites for hydroxylation is 1. The number of ether oxygens (including phenoxy) is 2. The maximum atomic E-state index is 14.5. The molecule has 0 N–H and O–H groups in total. The van der Waals surface area contributed by atoms with Crippen LogP contribution in [0, 0.1) is 12.7 Å². The number of anilines is 1. The molecule has 3 aromatic rings. The normalized spacial score (nSPS) is 15.7. The van der Waals surface area contributed by atoms with Gasteiger partial charge in [0.1, 0.15) is 22.6 Å². The Morgan fingerprint density at radius 3 is 2.69 bits per heavy atom.